The molecule has 0 radical (unpaired) electrons. The van der Waals surface area contributed by atoms with Gasteiger partial charge in [0.25, 0.3) is 0 Å². The largest absolute Gasteiger partial charge is 0.488 e. The normalized spacial score (nSPS) is 18.1. The van der Waals surface area contributed by atoms with Crippen LogP contribution < -0.4 is 10.1 Å². The van der Waals surface area contributed by atoms with E-state index in [1.165, 1.54) is 17.2 Å². The zero-order valence-corrected chi connectivity index (χ0v) is 12.4. The maximum Gasteiger partial charge on any atom is 0.123 e. The number of fused-ring (bicyclic) bond motifs is 1. The lowest BCUT2D eigenvalue weighted by Crippen LogP contribution is -2.32. The second-order valence-electron chi connectivity index (χ2n) is 5.68. The number of rotatable bonds is 4. The van der Waals surface area contributed by atoms with Crippen molar-refractivity contribution in [2.45, 2.75) is 32.4 Å². The number of nitrogens with one attached hydrogen (secondary N) is 1. The highest BCUT2D eigenvalue weighted by atomic mass is 19.1. The Hall–Kier alpha value is -1.87. The summed E-state index contributed by atoms with van der Waals surface area (Å²) in [5.41, 5.74) is 3.56. The summed E-state index contributed by atoms with van der Waals surface area (Å²) in [6.45, 7) is 5.04. The van der Waals surface area contributed by atoms with Crippen molar-refractivity contribution in [1.29, 1.82) is 0 Å². The van der Waals surface area contributed by atoms with E-state index in [2.05, 4.69) is 43.4 Å². The highest BCUT2D eigenvalue weighted by Gasteiger charge is 2.23. The lowest BCUT2D eigenvalue weighted by molar-refractivity contribution is 0.222. The van der Waals surface area contributed by atoms with Gasteiger partial charge >= 0.3 is 0 Å². The Morgan fingerprint density at radius 1 is 1.29 bits per heavy atom. The monoisotopic (exact) mass is 285 g/mol. The Balaban J connectivity index is 1.59. The third kappa shape index (κ3) is 3.08. The molecule has 2 aromatic rings. The predicted octanol–water partition coefficient (Wildman–Crippen LogP) is 3.79. The summed E-state index contributed by atoms with van der Waals surface area (Å²) in [5.74, 6) is 0.617. The molecule has 0 aromatic heterocycles. The van der Waals surface area contributed by atoms with Crippen LogP contribution in [0.2, 0.25) is 0 Å². The van der Waals surface area contributed by atoms with Crippen LogP contribution in [0, 0.1) is 12.7 Å². The van der Waals surface area contributed by atoms with E-state index in [4.69, 9.17) is 4.74 Å². The lowest BCUT2D eigenvalue weighted by atomic mass is 10.0. The number of aryl methyl sites for hydroxylation is 1. The van der Waals surface area contributed by atoms with E-state index in [-0.39, 0.29) is 18.0 Å². The standard InChI is InChI=1S/C18H20FNO/c1-12-5-3-4-6-17(12)13(2)20-11-16-10-14-9-15(19)7-8-18(14)21-16/h3-9,13,16,20H,10-11H2,1-2H3/t13-,16?/m0/s1. The fraction of sp³-hybridized carbons (Fsp3) is 0.333. The maximum absolute atomic E-state index is 13.2. The second kappa shape index (κ2) is 5.86. The van der Waals surface area contributed by atoms with E-state index >= 15 is 0 Å². The summed E-state index contributed by atoms with van der Waals surface area (Å²) in [7, 11) is 0. The van der Waals surface area contributed by atoms with Crippen LogP contribution in [0.25, 0.3) is 0 Å². The quantitative estimate of drug-likeness (QED) is 0.923. The molecule has 3 heteroatoms. The van der Waals surface area contributed by atoms with Gasteiger partial charge in [0.05, 0.1) is 0 Å². The van der Waals surface area contributed by atoms with Crippen LogP contribution in [0.1, 0.15) is 29.7 Å². The van der Waals surface area contributed by atoms with Crippen molar-refractivity contribution in [3.63, 3.8) is 0 Å². The Kier molecular flexibility index (Phi) is 3.93. The SMILES string of the molecule is Cc1ccccc1[C@H](C)NCC1Cc2cc(F)ccc2O1. The molecule has 1 N–H and O–H groups in total. The van der Waals surface area contributed by atoms with Crippen molar-refractivity contribution in [3.8, 4) is 5.75 Å². The molecule has 3 rings (SSSR count). The topological polar surface area (TPSA) is 21.3 Å². The molecule has 0 spiro atoms. The predicted molar refractivity (Wildman–Crippen MR) is 82.1 cm³/mol. The summed E-state index contributed by atoms with van der Waals surface area (Å²) in [4.78, 5) is 0. The van der Waals surface area contributed by atoms with Gasteiger partial charge in [0, 0.05) is 24.6 Å². The Labute approximate surface area is 125 Å². The molecule has 0 amide bonds. The molecule has 1 unspecified atom stereocenters. The molecule has 2 atom stereocenters. The minimum Gasteiger partial charge on any atom is -0.488 e. The van der Waals surface area contributed by atoms with Crippen molar-refractivity contribution in [2.75, 3.05) is 6.54 Å². The summed E-state index contributed by atoms with van der Waals surface area (Å²) in [6.07, 6.45) is 0.842. The minimum absolute atomic E-state index is 0.0771. The first-order valence-corrected chi connectivity index (χ1v) is 7.37. The van der Waals surface area contributed by atoms with Gasteiger partial charge in [0.2, 0.25) is 0 Å². The van der Waals surface area contributed by atoms with Gasteiger partial charge in [-0.25, -0.2) is 4.39 Å². The van der Waals surface area contributed by atoms with Gasteiger partial charge in [0.15, 0.2) is 0 Å². The zero-order valence-electron chi connectivity index (χ0n) is 12.4. The maximum atomic E-state index is 13.2. The zero-order chi connectivity index (χ0) is 14.8. The number of benzene rings is 2. The van der Waals surface area contributed by atoms with Crippen LogP contribution in [0.15, 0.2) is 42.5 Å². The Morgan fingerprint density at radius 2 is 2.10 bits per heavy atom. The van der Waals surface area contributed by atoms with Gasteiger partial charge in [-0.15, -0.1) is 0 Å². The third-order valence-electron chi connectivity index (χ3n) is 4.07. The van der Waals surface area contributed by atoms with Crippen molar-refractivity contribution in [2.24, 2.45) is 0 Å². The average Bonchev–Trinajstić information content (AvgIpc) is 2.87. The van der Waals surface area contributed by atoms with Gasteiger partial charge in [-0.3, -0.25) is 0 Å². The minimum atomic E-state index is -0.195. The Bertz CT molecular complexity index is 641. The fourth-order valence-electron chi connectivity index (χ4n) is 2.89. The highest BCUT2D eigenvalue weighted by Crippen LogP contribution is 2.29. The first-order chi connectivity index (χ1) is 10.1. The van der Waals surface area contributed by atoms with E-state index in [9.17, 15) is 4.39 Å². The molecule has 21 heavy (non-hydrogen) atoms. The molecule has 1 aliphatic rings. The summed E-state index contributed by atoms with van der Waals surface area (Å²) < 4.78 is 19.0. The first kappa shape index (κ1) is 14.1. The van der Waals surface area contributed by atoms with Crippen molar-refractivity contribution < 1.29 is 9.13 Å². The molecular weight excluding hydrogens is 265 g/mol. The molecule has 0 aliphatic carbocycles. The summed E-state index contributed by atoms with van der Waals surface area (Å²) in [5, 5.41) is 3.51. The smallest absolute Gasteiger partial charge is 0.123 e. The van der Waals surface area contributed by atoms with Crippen LogP contribution in [0.3, 0.4) is 0 Å². The van der Waals surface area contributed by atoms with E-state index in [0.717, 1.165) is 24.3 Å². The van der Waals surface area contributed by atoms with Gasteiger partial charge < -0.3 is 10.1 Å². The fourth-order valence-corrected chi connectivity index (χ4v) is 2.89. The molecule has 0 saturated carbocycles. The molecule has 2 aromatic carbocycles. The molecule has 1 aliphatic heterocycles. The lowest BCUT2D eigenvalue weighted by Gasteiger charge is -2.19. The molecule has 0 fully saturated rings. The van der Waals surface area contributed by atoms with Crippen molar-refractivity contribution in [1.82, 2.24) is 5.32 Å². The van der Waals surface area contributed by atoms with Gasteiger partial charge in [-0.1, -0.05) is 24.3 Å². The van der Waals surface area contributed by atoms with Gasteiger partial charge in [-0.05, 0) is 43.2 Å². The molecule has 2 nitrogen and oxygen atoms in total. The number of hydrogen-bond acceptors (Lipinski definition) is 2. The van der Waals surface area contributed by atoms with Crippen LogP contribution in [-0.2, 0) is 6.42 Å². The highest BCUT2D eigenvalue weighted by molar-refractivity contribution is 5.38. The number of halogens is 1. The molecule has 0 bridgehead atoms. The van der Waals surface area contributed by atoms with Gasteiger partial charge in [0.1, 0.15) is 17.7 Å². The van der Waals surface area contributed by atoms with E-state index in [1.807, 2.05) is 0 Å². The van der Waals surface area contributed by atoms with E-state index in [1.54, 1.807) is 12.1 Å². The molecule has 1 heterocycles. The number of hydrogen-bond donors (Lipinski definition) is 1. The second-order valence-corrected chi connectivity index (χ2v) is 5.68. The Morgan fingerprint density at radius 3 is 2.90 bits per heavy atom. The van der Waals surface area contributed by atoms with Gasteiger partial charge in [-0.2, -0.15) is 0 Å². The molecule has 0 saturated heterocycles. The first-order valence-electron chi connectivity index (χ1n) is 7.37. The van der Waals surface area contributed by atoms with Crippen molar-refractivity contribution >= 4 is 0 Å². The molecule has 110 valence electrons. The van der Waals surface area contributed by atoms with Crippen molar-refractivity contribution in [3.05, 3.63) is 65.0 Å². The van der Waals surface area contributed by atoms with E-state index in [0.29, 0.717) is 0 Å². The number of ether oxygens (including phenoxy) is 1. The van der Waals surface area contributed by atoms with Crippen LogP contribution >= 0.6 is 0 Å². The molecular formula is C18H20FNO. The summed E-state index contributed by atoms with van der Waals surface area (Å²) >= 11 is 0. The third-order valence-corrected chi connectivity index (χ3v) is 4.07. The average molecular weight is 285 g/mol. The van der Waals surface area contributed by atoms with Crippen LogP contribution in [0.5, 0.6) is 5.75 Å². The van der Waals surface area contributed by atoms with Crippen LogP contribution in [-0.4, -0.2) is 12.6 Å². The van der Waals surface area contributed by atoms with E-state index < -0.39 is 0 Å². The summed E-state index contributed by atoms with van der Waals surface area (Å²) in [6, 6.07) is 13.4. The van der Waals surface area contributed by atoms with Crippen LogP contribution in [0.4, 0.5) is 4.39 Å².